The lowest BCUT2D eigenvalue weighted by Crippen LogP contribution is -2.20. The van der Waals surface area contributed by atoms with Crippen LogP contribution in [0.2, 0.25) is 0 Å². The molecule has 0 radical (unpaired) electrons. The van der Waals surface area contributed by atoms with Crippen LogP contribution in [0.3, 0.4) is 0 Å². The molecule has 2 rings (SSSR count). The summed E-state index contributed by atoms with van der Waals surface area (Å²) >= 11 is 0. The fourth-order valence-corrected chi connectivity index (χ4v) is 2.75. The van der Waals surface area contributed by atoms with Crippen LogP contribution < -0.4 is 5.32 Å². The molecule has 1 aromatic rings. The predicted octanol–water partition coefficient (Wildman–Crippen LogP) is 2.76. The molecule has 0 bridgehead atoms. The first-order valence-electron chi connectivity index (χ1n) is 5.41. The van der Waals surface area contributed by atoms with E-state index >= 15 is 0 Å². The summed E-state index contributed by atoms with van der Waals surface area (Å²) < 4.78 is 0. The number of aryl methyl sites for hydroxylation is 2. The molecule has 1 heteroatoms. The van der Waals surface area contributed by atoms with Gasteiger partial charge in [0.1, 0.15) is 0 Å². The zero-order valence-electron chi connectivity index (χ0n) is 9.52. The predicted molar refractivity (Wildman–Crippen MR) is 60.6 cm³/mol. The van der Waals surface area contributed by atoms with Crippen molar-refractivity contribution in [3.8, 4) is 0 Å². The van der Waals surface area contributed by atoms with Gasteiger partial charge in [-0.05, 0) is 55.5 Å². The Hall–Kier alpha value is -0.820. The average molecular weight is 189 g/mol. The summed E-state index contributed by atoms with van der Waals surface area (Å²) in [5, 5.41) is 3.44. The van der Waals surface area contributed by atoms with Gasteiger partial charge in [0.05, 0.1) is 0 Å². The van der Waals surface area contributed by atoms with Crippen molar-refractivity contribution < 1.29 is 0 Å². The molecule has 0 spiro atoms. The SMILES string of the molecule is CNC1c2c(C)ccc(C)c2CC1C. The van der Waals surface area contributed by atoms with Gasteiger partial charge in [-0.15, -0.1) is 0 Å². The molecule has 0 heterocycles. The average Bonchev–Trinajstić information content (AvgIpc) is 2.50. The molecule has 0 aromatic heterocycles. The largest absolute Gasteiger partial charge is 0.313 e. The zero-order chi connectivity index (χ0) is 10.3. The van der Waals surface area contributed by atoms with Gasteiger partial charge in [-0.2, -0.15) is 0 Å². The van der Waals surface area contributed by atoms with E-state index in [-0.39, 0.29) is 0 Å². The highest BCUT2D eigenvalue weighted by molar-refractivity contribution is 5.45. The number of nitrogens with one attached hydrogen (secondary N) is 1. The first-order chi connectivity index (χ1) is 6.65. The molecule has 0 saturated heterocycles. The second-order valence-electron chi connectivity index (χ2n) is 4.54. The van der Waals surface area contributed by atoms with Crippen LogP contribution in [0, 0.1) is 19.8 Å². The Morgan fingerprint density at radius 1 is 1.21 bits per heavy atom. The first kappa shape index (κ1) is 9.72. The molecule has 0 amide bonds. The Labute approximate surface area is 86.5 Å². The van der Waals surface area contributed by atoms with Crippen LogP contribution in [0.1, 0.15) is 35.2 Å². The van der Waals surface area contributed by atoms with Crippen LogP contribution >= 0.6 is 0 Å². The van der Waals surface area contributed by atoms with E-state index in [0.717, 1.165) is 5.92 Å². The van der Waals surface area contributed by atoms with Crippen molar-refractivity contribution >= 4 is 0 Å². The summed E-state index contributed by atoms with van der Waals surface area (Å²) in [4.78, 5) is 0. The molecular formula is C13H19N. The highest BCUT2D eigenvalue weighted by atomic mass is 14.9. The van der Waals surface area contributed by atoms with Gasteiger partial charge in [-0.3, -0.25) is 0 Å². The van der Waals surface area contributed by atoms with Crippen molar-refractivity contribution in [1.82, 2.24) is 5.32 Å². The molecule has 0 aliphatic heterocycles. The lowest BCUT2D eigenvalue weighted by Gasteiger charge is -2.17. The van der Waals surface area contributed by atoms with Crippen molar-refractivity contribution in [2.45, 2.75) is 33.2 Å². The molecule has 1 aliphatic carbocycles. The lowest BCUT2D eigenvalue weighted by molar-refractivity contribution is 0.445. The maximum absolute atomic E-state index is 3.44. The van der Waals surface area contributed by atoms with Gasteiger partial charge in [0.15, 0.2) is 0 Å². The lowest BCUT2D eigenvalue weighted by atomic mass is 9.97. The summed E-state index contributed by atoms with van der Waals surface area (Å²) in [5.74, 6) is 0.731. The highest BCUT2D eigenvalue weighted by Gasteiger charge is 2.30. The van der Waals surface area contributed by atoms with E-state index in [9.17, 15) is 0 Å². The zero-order valence-corrected chi connectivity index (χ0v) is 9.52. The third kappa shape index (κ3) is 1.27. The third-order valence-corrected chi connectivity index (χ3v) is 3.53. The van der Waals surface area contributed by atoms with Crippen molar-refractivity contribution in [3.05, 3.63) is 34.4 Å². The van der Waals surface area contributed by atoms with E-state index in [1.807, 2.05) is 0 Å². The van der Waals surface area contributed by atoms with Crippen molar-refractivity contribution in [2.75, 3.05) is 7.05 Å². The standard InChI is InChI=1S/C13H19N/c1-8-5-6-9(2)12-11(8)7-10(3)13(12)14-4/h5-6,10,13-14H,7H2,1-4H3. The number of fused-ring (bicyclic) bond motifs is 1. The van der Waals surface area contributed by atoms with Crippen LogP contribution in [-0.4, -0.2) is 7.05 Å². The minimum atomic E-state index is 0.560. The van der Waals surface area contributed by atoms with E-state index in [1.165, 1.54) is 17.5 Å². The van der Waals surface area contributed by atoms with Crippen LogP contribution in [0.4, 0.5) is 0 Å². The highest BCUT2D eigenvalue weighted by Crippen LogP contribution is 2.39. The van der Waals surface area contributed by atoms with Gasteiger partial charge in [-0.25, -0.2) is 0 Å². The van der Waals surface area contributed by atoms with Crippen LogP contribution in [-0.2, 0) is 6.42 Å². The maximum Gasteiger partial charge on any atom is 0.0352 e. The summed E-state index contributed by atoms with van der Waals surface area (Å²) in [5.41, 5.74) is 6.03. The normalized spacial score (nSPS) is 25.1. The second kappa shape index (κ2) is 3.39. The summed E-state index contributed by atoms with van der Waals surface area (Å²) in [6, 6.07) is 5.06. The molecule has 1 nitrogen and oxygen atoms in total. The number of rotatable bonds is 1. The molecule has 76 valence electrons. The van der Waals surface area contributed by atoms with E-state index < -0.39 is 0 Å². The Kier molecular flexibility index (Phi) is 2.36. The topological polar surface area (TPSA) is 12.0 Å². The Morgan fingerprint density at radius 2 is 1.86 bits per heavy atom. The monoisotopic (exact) mass is 189 g/mol. The summed E-state index contributed by atoms with van der Waals surface area (Å²) in [6.45, 7) is 6.78. The van der Waals surface area contributed by atoms with Crippen molar-refractivity contribution in [2.24, 2.45) is 5.92 Å². The molecule has 1 aromatic carbocycles. The molecule has 0 saturated carbocycles. The van der Waals surface area contributed by atoms with E-state index in [0.29, 0.717) is 6.04 Å². The molecule has 0 fully saturated rings. The summed E-state index contributed by atoms with van der Waals surface area (Å²) in [7, 11) is 2.07. The third-order valence-electron chi connectivity index (χ3n) is 3.53. The number of hydrogen-bond donors (Lipinski definition) is 1. The molecule has 14 heavy (non-hydrogen) atoms. The number of hydrogen-bond acceptors (Lipinski definition) is 1. The van der Waals surface area contributed by atoms with Gasteiger partial charge in [0, 0.05) is 6.04 Å². The van der Waals surface area contributed by atoms with E-state index in [2.05, 4.69) is 45.3 Å². The van der Waals surface area contributed by atoms with Crippen LogP contribution in [0.15, 0.2) is 12.1 Å². The Balaban J connectivity index is 2.57. The van der Waals surface area contributed by atoms with Gasteiger partial charge < -0.3 is 5.32 Å². The Morgan fingerprint density at radius 3 is 2.50 bits per heavy atom. The van der Waals surface area contributed by atoms with E-state index in [1.54, 1.807) is 11.1 Å². The number of benzene rings is 1. The van der Waals surface area contributed by atoms with Gasteiger partial charge >= 0.3 is 0 Å². The van der Waals surface area contributed by atoms with E-state index in [4.69, 9.17) is 0 Å². The Bertz CT molecular complexity index is 354. The van der Waals surface area contributed by atoms with Gasteiger partial charge in [0.25, 0.3) is 0 Å². The fraction of sp³-hybridized carbons (Fsp3) is 0.538. The molecule has 2 atom stereocenters. The first-order valence-corrected chi connectivity index (χ1v) is 5.41. The van der Waals surface area contributed by atoms with Gasteiger partial charge in [0.2, 0.25) is 0 Å². The van der Waals surface area contributed by atoms with Crippen LogP contribution in [0.5, 0.6) is 0 Å². The molecule has 2 unspecified atom stereocenters. The maximum atomic E-state index is 3.44. The quantitative estimate of drug-likeness (QED) is 0.716. The fourth-order valence-electron chi connectivity index (χ4n) is 2.75. The van der Waals surface area contributed by atoms with Crippen LogP contribution in [0.25, 0.3) is 0 Å². The molecule has 1 N–H and O–H groups in total. The molecule has 1 aliphatic rings. The minimum absolute atomic E-state index is 0.560. The summed E-state index contributed by atoms with van der Waals surface area (Å²) in [6.07, 6.45) is 1.23. The minimum Gasteiger partial charge on any atom is -0.313 e. The van der Waals surface area contributed by atoms with Gasteiger partial charge in [-0.1, -0.05) is 19.1 Å². The second-order valence-corrected chi connectivity index (χ2v) is 4.54. The van der Waals surface area contributed by atoms with Crippen molar-refractivity contribution in [1.29, 1.82) is 0 Å². The molecular weight excluding hydrogens is 170 g/mol. The smallest absolute Gasteiger partial charge is 0.0352 e. The van der Waals surface area contributed by atoms with Crippen molar-refractivity contribution in [3.63, 3.8) is 0 Å².